The molecule has 1 aliphatic rings. The molecule has 136 valence electrons. The fourth-order valence-corrected chi connectivity index (χ4v) is 3.64. The summed E-state index contributed by atoms with van der Waals surface area (Å²) in [6.07, 6.45) is 5.70. The number of aromatic nitrogens is 5. The smallest absolute Gasteiger partial charge is 0.127 e. The van der Waals surface area contributed by atoms with Crippen LogP contribution in [0.4, 0.5) is 0 Å². The quantitative estimate of drug-likeness (QED) is 0.739. The molecule has 7 nitrogen and oxygen atoms in total. The first-order valence-electron chi connectivity index (χ1n) is 8.41. The zero-order valence-electron chi connectivity index (χ0n) is 14.3. The Labute approximate surface area is 161 Å². The van der Waals surface area contributed by atoms with Crippen LogP contribution in [-0.2, 0) is 13.6 Å². The first-order valence-corrected chi connectivity index (χ1v) is 9.16. The van der Waals surface area contributed by atoms with Gasteiger partial charge < -0.3 is 9.88 Å². The van der Waals surface area contributed by atoms with Crippen LogP contribution in [0.2, 0.25) is 10.0 Å². The van der Waals surface area contributed by atoms with E-state index in [1.54, 1.807) is 10.7 Å². The van der Waals surface area contributed by atoms with E-state index >= 15 is 0 Å². The molecule has 0 spiro atoms. The third-order valence-electron chi connectivity index (χ3n) is 4.59. The summed E-state index contributed by atoms with van der Waals surface area (Å²) in [6, 6.07) is 5.67. The predicted molar refractivity (Wildman–Crippen MR) is 101 cm³/mol. The second-order valence-electron chi connectivity index (χ2n) is 6.31. The van der Waals surface area contributed by atoms with Gasteiger partial charge in [0.1, 0.15) is 5.82 Å². The normalized spacial score (nSPS) is 18.3. The topological polar surface area (TPSA) is 63.8 Å². The minimum absolute atomic E-state index is 0.198. The van der Waals surface area contributed by atoms with Crippen molar-refractivity contribution in [1.82, 2.24) is 34.8 Å². The molecule has 0 aliphatic carbocycles. The van der Waals surface area contributed by atoms with Gasteiger partial charge in [-0.1, -0.05) is 34.5 Å². The lowest BCUT2D eigenvalue weighted by molar-refractivity contribution is 0.143. The average molecular weight is 392 g/mol. The van der Waals surface area contributed by atoms with Gasteiger partial charge >= 0.3 is 0 Å². The molecule has 1 unspecified atom stereocenters. The molecule has 1 N–H and O–H groups in total. The molecule has 1 fully saturated rings. The summed E-state index contributed by atoms with van der Waals surface area (Å²) in [5.74, 6) is 1.04. The van der Waals surface area contributed by atoms with Gasteiger partial charge in [0.15, 0.2) is 0 Å². The Kier molecular flexibility index (Phi) is 4.95. The third-order valence-corrected chi connectivity index (χ3v) is 5.40. The molecular weight excluding hydrogens is 373 g/mol. The fourth-order valence-electron chi connectivity index (χ4n) is 3.25. The van der Waals surface area contributed by atoms with Gasteiger partial charge in [0.05, 0.1) is 33.7 Å². The van der Waals surface area contributed by atoms with E-state index in [1.165, 1.54) is 0 Å². The molecule has 1 saturated heterocycles. The molecule has 9 heteroatoms. The number of hydrogen-bond acceptors (Lipinski definition) is 5. The Morgan fingerprint density at radius 1 is 1.31 bits per heavy atom. The summed E-state index contributed by atoms with van der Waals surface area (Å²) in [7, 11) is 2.02. The van der Waals surface area contributed by atoms with Gasteiger partial charge in [-0.05, 0) is 12.1 Å². The van der Waals surface area contributed by atoms with E-state index in [0.717, 1.165) is 36.8 Å². The molecule has 2 aromatic heterocycles. The molecule has 1 aromatic carbocycles. The van der Waals surface area contributed by atoms with Crippen molar-refractivity contribution in [2.75, 3.05) is 19.6 Å². The summed E-state index contributed by atoms with van der Waals surface area (Å²) in [5, 5.41) is 12.9. The second kappa shape index (κ2) is 7.36. The average Bonchev–Trinajstić information content (AvgIpc) is 3.27. The molecule has 0 amide bonds. The van der Waals surface area contributed by atoms with E-state index < -0.39 is 0 Å². The highest BCUT2D eigenvalue weighted by Crippen LogP contribution is 2.28. The monoisotopic (exact) mass is 391 g/mol. The van der Waals surface area contributed by atoms with E-state index in [-0.39, 0.29) is 6.04 Å². The zero-order valence-corrected chi connectivity index (χ0v) is 15.8. The van der Waals surface area contributed by atoms with Crippen LogP contribution in [0.1, 0.15) is 17.6 Å². The summed E-state index contributed by atoms with van der Waals surface area (Å²) in [5.41, 5.74) is 1.60. The van der Waals surface area contributed by atoms with E-state index in [9.17, 15) is 0 Å². The predicted octanol–water partition coefficient (Wildman–Crippen LogP) is 2.45. The maximum Gasteiger partial charge on any atom is 0.127 e. The maximum atomic E-state index is 6.29. The highest BCUT2D eigenvalue weighted by Gasteiger charge is 2.27. The largest absolute Gasteiger partial charge is 0.337 e. The number of halogens is 2. The van der Waals surface area contributed by atoms with Crippen molar-refractivity contribution in [3.05, 3.63) is 58.4 Å². The van der Waals surface area contributed by atoms with Gasteiger partial charge in [-0.15, -0.1) is 5.10 Å². The van der Waals surface area contributed by atoms with Gasteiger partial charge in [0.2, 0.25) is 0 Å². The highest BCUT2D eigenvalue weighted by atomic mass is 35.5. The lowest BCUT2D eigenvalue weighted by Gasteiger charge is -2.35. The minimum Gasteiger partial charge on any atom is -0.337 e. The van der Waals surface area contributed by atoms with Crippen LogP contribution < -0.4 is 5.32 Å². The van der Waals surface area contributed by atoms with Crippen molar-refractivity contribution in [1.29, 1.82) is 0 Å². The van der Waals surface area contributed by atoms with Gasteiger partial charge in [-0.25, -0.2) is 9.67 Å². The van der Waals surface area contributed by atoms with Gasteiger partial charge in [0.25, 0.3) is 0 Å². The molecule has 0 saturated carbocycles. The number of hydrogen-bond donors (Lipinski definition) is 1. The zero-order chi connectivity index (χ0) is 18.1. The van der Waals surface area contributed by atoms with Gasteiger partial charge in [0, 0.05) is 45.6 Å². The van der Waals surface area contributed by atoms with Crippen LogP contribution in [0, 0.1) is 0 Å². The standard InChI is InChI=1S/C17H19Cl2N7/c1-24-7-6-21-17(24)15-9-20-5-8-25(15)10-12-11-26(23-22-12)14-4-2-3-13(18)16(14)19/h2-4,6-7,11,15,20H,5,8-10H2,1H3. The van der Waals surface area contributed by atoms with Crippen LogP contribution in [0.15, 0.2) is 36.8 Å². The van der Waals surface area contributed by atoms with Gasteiger partial charge in [-0.3, -0.25) is 4.90 Å². The first kappa shape index (κ1) is 17.5. The SMILES string of the molecule is Cn1ccnc1C1CNCCN1Cc1cn(-c2cccc(Cl)c2Cl)nn1. The molecular formula is C17H19Cl2N7. The molecule has 3 aromatic rings. The van der Waals surface area contributed by atoms with Crippen LogP contribution in [0.5, 0.6) is 0 Å². The highest BCUT2D eigenvalue weighted by molar-refractivity contribution is 6.43. The molecule has 3 heterocycles. The minimum atomic E-state index is 0.198. The Morgan fingerprint density at radius 3 is 3.00 bits per heavy atom. The lowest BCUT2D eigenvalue weighted by Crippen LogP contribution is -2.46. The lowest BCUT2D eigenvalue weighted by atomic mass is 10.1. The fraction of sp³-hybridized carbons (Fsp3) is 0.353. The van der Waals surface area contributed by atoms with Crippen LogP contribution >= 0.6 is 23.2 Å². The van der Waals surface area contributed by atoms with Crippen molar-refractivity contribution in [3.63, 3.8) is 0 Å². The number of benzene rings is 1. The molecule has 4 rings (SSSR count). The molecule has 1 atom stereocenters. The van der Waals surface area contributed by atoms with Gasteiger partial charge in [-0.2, -0.15) is 0 Å². The Bertz CT molecular complexity index is 904. The van der Waals surface area contributed by atoms with Crippen molar-refractivity contribution in [3.8, 4) is 5.69 Å². The van der Waals surface area contributed by atoms with Crippen LogP contribution in [-0.4, -0.2) is 49.1 Å². The Hall–Kier alpha value is -1.93. The second-order valence-corrected chi connectivity index (χ2v) is 7.10. The van der Waals surface area contributed by atoms with Crippen molar-refractivity contribution in [2.45, 2.75) is 12.6 Å². The number of rotatable bonds is 4. The van der Waals surface area contributed by atoms with Crippen LogP contribution in [0.25, 0.3) is 5.69 Å². The summed E-state index contributed by atoms with van der Waals surface area (Å²) in [6.45, 7) is 3.41. The summed E-state index contributed by atoms with van der Waals surface area (Å²) < 4.78 is 3.73. The van der Waals surface area contributed by atoms with Crippen LogP contribution in [0.3, 0.4) is 0 Å². The maximum absolute atomic E-state index is 6.29. The summed E-state index contributed by atoms with van der Waals surface area (Å²) in [4.78, 5) is 6.88. The van der Waals surface area contributed by atoms with Crippen molar-refractivity contribution < 1.29 is 0 Å². The molecule has 26 heavy (non-hydrogen) atoms. The summed E-state index contributed by atoms with van der Waals surface area (Å²) >= 11 is 12.4. The number of nitrogens with one attached hydrogen (secondary N) is 1. The Balaban J connectivity index is 1.56. The first-order chi connectivity index (χ1) is 12.6. The number of aryl methyl sites for hydroxylation is 1. The molecule has 0 radical (unpaired) electrons. The molecule has 1 aliphatic heterocycles. The number of imidazole rings is 1. The number of nitrogens with zero attached hydrogens (tertiary/aromatic N) is 6. The number of piperazine rings is 1. The third kappa shape index (κ3) is 3.35. The van der Waals surface area contributed by atoms with Crippen molar-refractivity contribution in [2.24, 2.45) is 7.05 Å². The van der Waals surface area contributed by atoms with E-state index in [2.05, 4.69) is 30.1 Å². The Morgan fingerprint density at radius 2 is 2.19 bits per heavy atom. The van der Waals surface area contributed by atoms with Crippen molar-refractivity contribution >= 4 is 23.2 Å². The van der Waals surface area contributed by atoms with E-state index in [4.69, 9.17) is 23.2 Å². The van der Waals surface area contributed by atoms with E-state index in [1.807, 2.05) is 37.8 Å². The molecule has 0 bridgehead atoms. The van der Waals surface area contributed by atoms with E-state index in [0.29, 0.717) is 16.6 Å².